The number of rotatable bonds is 5. The third kappa shape index (κ3) is 4.34. The molecule has 2 atom stereocenters. The smallest absolute Gasteiger partial charge is 0.274 e. The summed E-state index contributed by atoms with van der Waals surface area (Å²) >= 11 is 0. The van der Waals surface area contributed by atoms with E-state index < -0.39 is 0 Å². The summed E-state index contributed by atoms with van der Waals surface area (Å²) in [7, 11) is 5.21. The van der Waals surface area contributed by atoms with Gasteiger partial charge in [0.05, 0.1) is 13.7 Å². The molecule has 0 unspecified atom stereocenters. The largest absolute Gasteiger partial charge is 0.497 e. The normalized spacial score (nSPS) is 19.7. The zero-order chi connectivity index (χ0) is 22.1. The van der Waals surface area contributed by atoms with Gasteiger partial charge in [-0.1, -0.05) is 0 Å². The number of hydrogen-bond donors (Lipinski definition) is 1. The molecule has 8 nitrogen and oxygen atoms in total. The van der Waals surface area contributed by atoms with E-state index in [0.717, 1.165) is 12.1 Å². The standard InChI is InChI=1S/C23H28N4O4/c1-25(2)14-21(28)24-19-8-9-20-17-10-15(12-27(20)23(19)30)11-26(13-17)22(29)16-4-6-18(31-3)7-5-16/h4-9,15,17H,10-14H2,1-3H3,(H,24,28)/t15-,17+/m0/s1. The lowest BCUT2D eigenvalue weighted by atomic mass is 9.83. The van der Waals surface area contributed by atoms with E-state index in [4.69, 9.17) is 4.74 Å². The van der Waals surface area contributed by atoms with E-state index in [9.17, 15) is 14.4 Å². The van der Waals surface area contributed by atoms with Crippen LogP contribution >= 0.6 is 0 Å². The highest BCUT2D eigenvalue weighted by Crippen LogP contribution is 2.36. The number of nitrogens with one attached hydrogen (secondary N) is 1. The molecule has 31 heavy (non-hydrogen) atoms. The Hall–Kier alpha value is -3.13. The first-order valence-electron chi connectivity index (χ1n) is 10.5. The number of piperidine rings is 1. The van der Waals surface area contributed by atoms with Gasteiger partial charge in [0.1, 0.15) is 11.4 Å². The van der Waals surface area contributed by atoms with Gasteiger partial charge in [0.15, 0.2) is 0 Å². The number of methoxy groups -OCH3 is 1. The van der Waals surface area contributed by atoms with Crippen LogP contribution in [0.2, 0.25) is 0 Å². The second kappa shape index (κ2) is 8.55. The highest BCUT2D eigenvalue weighted by Gasteiger charge is 2.37. The number of hydrogen-bond acceptors (Lipinski definition) is 5. The Labute approximate surface area is 181 Å². The van der Waals surface area contributed by atoms with E-state index in [2.05, 4.69) is 5.32 Å². The Morgan fingerprint density at radius 1 is 1.10 bits per heavy atom. The van der Waals surface area contributed by atoms with E-state index in [1.807, 2.05) is 11.0 Å². The Balaban J connectivity index is 1.53. The molecule has 1 saturated heterocycles. The third-order valence-electron chi connectivity index (χ3n) is 5.96. The molecule has 8 heteroatoms. The molecule has 0 spiro atoms. The van der Waals surface area contributed by atoms with Crippen molar-refractivity contribution in [2.75, 3.05) is 46.2 Å². The summed E-state index contributed by atoms with van der Waals surface area (Å²) in [6, 6.07) is 10.7. The Bertz CT molecular complexity index is 1040. The molecule has 2 bridgehead atoms. The van der Waals surface area contributed by atoms with Crippen LogP contribution in [0.3, 0.4) is 0 Å². The Morgan fingerprint density at radius 2 is 1.84 bits per heavy atom. The summed E-state index contributed by atoms with van der Waals surface area (Å²) in [6.07, 6.45) is 0.957. The number of anilines is 1. The Morgan fingerprint density at radius 3 is 2.52 bits per heavy atom. The minimum absolute atomic E-state index is 0.000666. The molecule has 0 saturated carbocycles. The topological polar surface area (TPSA) is 83.9 Å². The van der Waals surface area contributed by atoms with Gasteiger partial charge in [0, 0.05) is 36.8 Å². The fourth-order valence-electron chi connectivity index (χ4n) is 4.60. The lowest BCUT2D eigenvalue weighted by molar-refractivity contribution is -0.116. The van der Waals surface area contributed by atoms with Gasteiger partial charge < -0.3 is 24.4 Å². The van der Waals surface area contributed by atoms with Gasteiger partial charge >= 0.3 is 0 Å². The predicted octanol–water partition coefficient (Wildman–Crippen LogP) is 1.62. The van der Waals surface area contributed by atoms with Crippen LogP contribution in [0.4, 0.5) is 5.69 Å². The molecule has 4 rings (SSSR count). The summed E-state index contributed by atoms with van der Waals surface area (Å²) in [5, 5.41) is 2.73. The summed E-state index contributed by atoms with van der Waals surface area (Å²) in [4.78, 5) is 41.8. The van der Waals surface area contributed by atoms with Gasteiger partial charge in [0.25, 0.3) is 11.5 Å². The monoisotopic (exact) mass is 424 g/mol. The number of likely N-dealkylation sites (N-methyl/N-ethyl adjacent to an activating group) is 1. The molecule has 1 fully saturated rings. The predicted molar refractivity (Wildman–Crippen MR) is 118 cm³/mol. The van der Waals surface area contributed by atoms with Crippen LogP contribution < -0.4 is 15.6 Å². The zero-order valence-corrected chi connectivity index (χ0v) is 18.1. The molecule has 2 aliphatic rings. The number of aromatic nitrogens is 1. The number of carbonyl (C=O) groups is 2. The summed E-state index contributed by atoms with van der Waals surface area (Å²) in [5.41, 5.74) is 1.70. The first-order valence-corrected chi connectivity index (χ1v) is 10.5. The van der Waals surface area contributed by atoms with Crippen molar-refractivity contribution in [2.45, 2.75) is 18.9 Å². The van der Waals surface area contributed by atoms with E-state index in [0.29, 0.717) is 36.6 Å². The number of nitrogens with zero attached hydrogens (tertiary/aromatic N) is 3. The van der Waals surface area contributed by atoms with Gasteiger partial charge in [-0.3, -0.25) is 14.4 Å². The number of pyridine rings is 1. The third-order valence-corrected chi connectivity index (χ3v) is 5.96. The highest BCUT2D eigenvalue weighted by molar-refractivity contribution is 5.94. The summed E-state index contributed by atoms with van der Waals surface area (Å²) in [5.74, 6) is 0.817. The molecule has 2 aliphatic heterocycles. The molecule has 1 aromatic heterocycles. The maximum atomic E-state index is 13.0. The molecule has 0 radical (unpaired) electrons. The number of benzene rings is 1. The second-order valence-electron chi connectivity index (χ2n) is 8.61. The highest BCUT2D eigenvalue weighted by atomic mass is 16.5. The van der Waals surface area contributed by atoms with Crippen LogP contribution in [0.15, 0.2) is 41.2 Å². The van der Waals surface area contributed by atoms with E-state index >= 15 is 0 Å². The second-order valence-corrected chi connectivity index (χ2v) is 8.61. The fourth-order valence-corrected chi connectivity index (χ4v) is 4.60. The van der Waals surface area contributed by atoms with E-state index in [1.165, 1.54) is 0 Å². The summed E-state index contributed by atoms with van der Waals surface area (Å²) < 4.78 is 6.95. The molecule has 0 aliphatic carbocycles. The van der Waals surface area contributed by atoms with Crippen molar-refractivity contribution >= 4 is 17.5 Å². The van der Waals surface area contributed by atoms with Crippen LogP contribution in [-0.4, -0.2) is 67.0 Å². The van der Waals surface area contributed by atoms with Gasteiger partial charge in [-0.15, -0.1) is 0 Å². The van der Waals surface area contributed by atoms with Crippen molar-refractivity contribution in [2.24, 2.45) is 5.92 Å². The molecular weight excluding hydrogens is 396 g/mol. The number of fused-ring (bicyclic) bond motifs is 4. The lowest BCUT2D eigenvalue weighted by Crippen LogP contribution is -2.49. The zero-order valence-electron chi connectivity index (χ0n) is 18.1. The SMILES string of the molecule is COc1ccc(C(=O)N2C[C@@H]3C[C@H](C2)c2ccc(NC(=O)CN(C)C)c(=O)n2C3)cc1. The van der Waals surface area contributed by atoms with Crippen LogP contribution in [0.1, 0.15) is 28.4 Å². The average Bonchev–Trinajstić information content (AvgIpc) is 2.75. The van der Waals surface area contributed by atoms with Crippen LogP contribution in [-0.2, 0) is 11.3 Å². The van der Waals surface area contributed by atoms with Crippen molar-refractivity contribution in [3.05, 3.63) is 58.0 Å². The Kier molecular flexibility index (Phi) is 5.82. The van der Waals surface area contributed by atoms with Gasteiger partial charge in [0.2, 0.25) is 5.91 Å². The molecule has 2 amide bonds. The number of amides is 2. The van der Waals surface area contributed by atoms with Crippen LogP contribution in [0, 0.1) is 5.92 Å². The maximum Gasteiger partial charge on any atom is 0.274 e. The van der Waals surface area contributed by atoms with Crippen molar-refractivity contribution < 1.29 is 14.3 Å². The van der Waals surface area contributed by atoms with Crippen LogP contribution in [0.25, 0.3) is 0 Å². The number of carbonyl (C=O) groups excluding carboxylic acids is 2. The first kappa shape index (κ1) is 21.1. The molecule has 2 aromatic rings. The maximum absolute atomic E-state index is 13.0. The van der Waals surface area contributed by atoms with Crippen molar-refractivity contribution in [1.82, 2.24) is 14.4 Å². The van der Waals surface area contributed by atoms with Gasteiger partial charge in [-0.25, -0.2) is 0 Å². The summed E-state index contributed by atoms with van der Waals surface area (Å²) in [6.45, 7) is 1.96. The molecule has 1 aromatic carbocycles. The molecule has 164 valence electrons. The minimum atomic E-state index is -0.213. The fraction of sp³-hybridized carbons (Fsp3) is 0.435. The molecule has 1 N–H and O–H groups in total. The molecule has 3 heterocycles. The number of likely N-dealkylation sites (tertiary alicyclic amines) is 1. The minimum Gasteiger partial charge on any atom is -0.497 e. The van der Waals surface area contributed by atoms with E-state index in [-0.39, 0.29) is 35.8 Å². The van der Waals surface area contributed by atoms with Crippen molar-refractivity contribution in [3.8, 4) is 5.75 Å². The molecular formula is C23H28N4O4. The van der Waals surface area contributed by atoms with E-state index in [1.54, 1.807) is 61.0 Å². The van der Waals surface area contributed by atoms with Crippen molar-refractivity contribution in [3.63, 3.8) is 0 Å². The van der Waals surface area contributed by atoms with Gasteiger partial charge in [-0.2, -0.15) is 0 Å². The van der Waals surface area contributed by atoms with Crippen molar-refractivity contribution in [1.29, 1.82) is 0 Å². The average molecular weight is 425 g/mol. The quantitative estimate of drug-likeness (QED) is 0.789. The number of ether oxygens (including phenoxy) is 1. The van der Waals surface area contributed by atoms with Crippen LogP contribution in [0.5, 0.6) is 5.75 Å². The first-order chi connectivity index (χ1) is 14.9. The lowest BCUT2D eigenvalue weighted by Gasteiger charge is -2.43. The van der Waals surface area contributed by atoms with Gasteiger partial charge in [-0.05, 0) is 62.8 Å².